The molecule has 98 valence electrons. The van der Waals surface area contributed by atoms with Crippen LogP contribution in [0.3, 0.4) is 0 Å². The molecule has 1 fully saturated rings. The van der Waals surface area contributed by atoms with E-state index in [0.717, 1.165) is 24.9 Å². The Labute approximate surface area is 110 Å². The number of carboxylic acids is 1. The molecule has 0 spiro atoms. The van der Waals surface area contributed by atoms with E-state index in [-0.39, 0.29) is 11.7 Å². The van der Waals surface area contributed by atoms with E-state index >= 15 is 0 Å². The highest BCUT2D eigenvalue weighted by atomic mass is 35.5. The van der Waals surface area contributed by atoms with E-state index in [9.17, 15) is 9.18 Å². The Hall–Kier alpha value is -1.13. The van der Waals surface area contributed by atoms with E-state index in [1.807, 2.05) is 4.90 Å². The first kappa shape index (κ1) is 13.3. The number of piperidine rings is 1. The quantitative estimate of drug-likeness (QED) is 0.919. The highest BCUT2D eigenvalue weighted by Crippen LogP contribution is 2.21. The number of likely N-dealkylation sites (tertiary alicyclic amines) is 1. The summed E-state index contributed by atoms with van der Waals surface area (Å²) in [5.74, 6) is -1.43. The molecule has 1 aromatic rings. The summed E-state index contributed by atoms with van der Waals surface area (Å²) in [4.78, 5) is 13.0. The maximum atomic E-state index is 13.2. The molecule has 1 aliphatic heterocycles. The lowest BCUT2D eigenvalue weighted by Crippen LogP contribution is -2.38. The predicted octanol–water partition coefficient (Wildman–Crippen LogP) is 2.78. The minimum atomic E-state index is -0.753. The maximum Gasteiger partial charge on any atom is 0.307 e. The van der Waals surface area contributed by atoms with Crippen molar-refractivity contribution in [2.24, 2.45) is 5.92 Å². The molecule has 0 saturated carbocycles. The Morgan fingerprint density at radius 1 is 1.50 bits per heavy atom. The first-order valence-corrected chi connectivity index (χ1v) is 6.32. The maximum absolute atomic E-state index is 13.2. The summed E-state index contributed by atoms with van der Waals surface area (Å²) in [5.41, 5.74) is 0.783. The fourth-order valence-electron chi connectivity index (χ4n) is 2.36. The molecule has 0 radical (unpaired) electrons. The van der Waals surface area contributed by atoms with Gasteiger partial charge in [0.15, 0.2) is 0 Å². The minimum Gasteiger partial charge on any atom is -0.481 e. The summed E-state index contributed by atoms with van der Waals surface area (Å²) in [6.45, 7) is 1.91. The highest BCUT2D eigenvalue weighted by Gasteiger charge is 2.25. The molecule has 5 heteroatoms. The van der Waals surface area contributed by atoms with Gasteiger partial charge in [-0.3, -0.25) is 9.69 Å². The number of hydrogen-bond acceptors (Lipinski definition) is 2. The van der Waals surface area contributed by atoms with Crippen LogP contribution in [0.1, 0.15) is 18.4 Å². The highest BCUT2D eigenvalue weighted by molar-refractivity contribution is 6.30. The number of hydrogen-bond donors (Lipinski definition) is 1. The van der Waals surface area contributed by atoms with Gasteiger partial charge in [-0.1, -0.05) is 11.6 Å². The first-order valence-electron chi connectivity index (χ1n) is 5.95. The molecule has 1 atom stereocenters. The third-order valence-corrected chi connectivity index (χ3v) is 3.40. The molecule has 18 heavy (non-hydrogen) atoms. The van der Waals surface area contributed by atoms with Gasteiger partial charge in [-0.05, 0) is 43.1 Å². The predicted molar refractivity (Wildman–Crippen MR) is 67.0 cm³/mol. The molecular formula is C13H15ClFNO2. The van der Waals surface area contributed by atoms with Crippen molar-refractivity contribution < 1.29 is 14.3 Å². The van der Waals surface area contributed by atoms with Gasteiger partial charge >= 0.3 is 5.97 Å². The summed E-state index contributed by atoms with van der Waals surface area (Å²) in [7, 11) is 0. The summed E-state index contributed by atoms with van der Waals surface area (Å²) >= 11 is 5.79. The van der Waals surface area contributed by atoms with Gasteiger partial charge in [0.1, 0.15) is 5.82 Å². The van der Waals surface area contributed by atoms with E-state index in [2.05, 4.69) is 0 Å². The van der Waals surface area contributed by atoms with Crippen molar-refractivity contribution in [1.82, 2.24) is 4.90 Å². The van der Waals surface area contributed by atoms with Crippen molar-refractivity contribution >= 4 is 17.6 Å². The molecule has 1 unspecified atom stereocenters. The summed E-state index contributed by atoms with van der Waals surface area (Å²) < 4.78 is 13.2. The average Bonchev–Trinajstić information content (AvgIpc) is 2.27. The van der Waals surface area contributed by atoms with Crippen molar-refractivity contribution in [3.63, 3.8) is 0 Å². The molecule has 2 rings (SSSR count). The number of nitrogens with zero attached hydrogens (tertiary/aromatic N) is 1. The lowest BCUT2D eigenvalue weighted by molar-refractivity contribution is -0.143. The molecule has 0 bridgehead atoms. The lowest BCUT2D eigenvalue weighted by atomic mass is 9.98. The van der Waals surface area contributed by atoms with Crippen molar-refractivity contribution in [1.29, 1.82) is 0 Å². The summed E-state index contributed by atoms with van der Waals surface area (Å²) in [6, 6.07) is 4.42. The Bertz CT molecular complexity index is 432. The van der Waals surface area contributed by atoms with Gasteiger partial charge in [0.05, 0.1) is 5.92 Å². The van der Waals surface area contributed by atoms with Crippen LogP contribution < -0.4 is 0 Å². The molecule has 1 saturated heterocycles. The minimum absolute atomic E-state index is 0.317. The van der Waals surface area contributed by atoms with Crippen LogP contribution in [0.4, 0.5) is 4.39 Å². The SMILES string of the molecule is O=C(O)C1CCCN(Cc2cc(F)cc(Cl)c2)C1. The molecule has 0 aliphatic carbocycles. The molecule has 0 amide bonds. The largest absolute Gasteiger partial charge is 0.481 e. The van der Waals surface area contributed by atoms with Gasteiger partial charge in [0.2, 0.25) is 0 Å². The third-order valence-electron chi connectivity index (χ3n) is 3.18. The Morgan fingerprint density at radius 3 is 2.94 bits per heavy atom. The Morgan fingerprint density at radius 2 is 2.28 bits per heavy atom. The number of halogens is 2. The molecule has 1 N–H and O–H groups in total. The van der Waals surface area contributed by atoms with Crippen molar-refractivity contribution in [3.05, 3.63) is 34.6 Å². The number of aliphatic carboxylic acids is 1. The van der Waals surface area contributed by atoms with Gasteiger partial charge in [-0.15, -0.1) is 0 Å². The molecule has 3 nitrogen and oxygen atoms in total. The van der Waals surface area contributed by atoms with E-state index in [1.54, 1.807) is 6.07 Å². The van der Waals surface area contributed by atoms with E-state index in [4.69, 9.17) is 16.7 Å². The van der Waals surface area contributed by atoms with Crippen LogP contribution in [-0.4, -0.2) is 29.1 Å². The van der Waals surface area contributed by atoms with Crippen molar-refractivity contribution in [2.45, 2.75) is 19.4 Å². The second-order valence-electron chi connectivity index (χ2n) is 4.69. The van der Waals surface area contributed by atoms with Crippen molar-refractivity contribution in [3.8, 4) is 0 Å². The van der Waals surface area contributed by atoms with Gasteiger partial charge in [0.25, 0.3) is 0 Å². The fourth-order valence-corrected chi connectivity index (χ4v) is 2.61. The van der Waals surface area contributed by atoms with Crippen LogP contribution in [0.5, 0.6) is 0 Å². The second kappa shape index (κ2) is 5.67. The van der Waals surface area contributed by atoms with E-state index < -0.39 is 5.97 Å². The summed E-state index contributed by atoms with van der Waals surface area (Å²) in [5, 5.41) is 9.37. The van der Waals surface area contributed by atoms with Gasteiger partial charge < -0.3 is 5.11 Å². The average molecular weight is 272 g/mol. The van der Waals surface area contributed by atoms with Crippen LogP contribution in [0.25, 0.3) is 0 Å². The van der Waals surface area contributed by atoms with Crippen LogP contribution >= 0.6 is 11.6 Å². The smallest absolute Gasteiger partial charge is 0.307 e. The molecule has 0 aromatic heterocycles. The molecular weight excluding hydrogens is 257 g/mol. The number of rotatable bonds is 3. The van der Waals surface area contributed by atoms with Gasteiger partial charge in [-0.25, -0.2) is 4.39 Å². The topological polar surface area (TPSA) is 40.5 Å². The molecule has 1 aromatic carbocycles. The third kappa shape index (κ3) is 3.43. The lowest BCUT2D eigenvalue weighted by Gasteiger charge is -2.30. The van der Waals surface area contributed by atoms with Crippen LogP contribution in [0.2, 0.25) is 5.02 Å². The van der Waals surface area contributed by atoms with Gasteiger partial charge in [0, 0.05) is 18.1 Å². The van der Waals surface area contributed by atoms with E-state index in [1.165, 1.54) is 12.1 Å². The second-order valence-corrected chi connectivity index (χ2v) is 5.13. The summed E-state index contributed by atoms with van der Waals surface area (Å²) in [6.07, 6.45) is 1.58. The van der Waals surface area contributed by atoms with Crippen LogP contribution in [0.15, 0.2) is 18.2 Å². The number of carboxylic acid groups (broad SMARTS) is 1. The zero-order valence-electron chi connectivity index (χ0n) is 9.90. The Balaban J connectivity index is 2.02. The van der Waals surface area contributed by atoms with Crippen LogP contribution in [-0.2, 0) is 11.3 Å². The number of benzene rings is 1. The fraction of sp³-hybridized carbons (Fsp3) is 0.462. The zero-order valence-corrected chi connectivity index (χ0v) is 10.7. The Kier molecular flexibility index (Phi) is 4.19. The normalized spacial score (nSPS) is 20.9. The monoisotopic (exact) mass is 271 g/mol. The van der Waals surface area contributed by atoms with Crippen molar-refractivity contribution in [2.75, 3.05) is 13.1 Å². The van der Waals surface area contributed by atoms with E-state index in [0.29, 0.717) is 18.1 Å². The zero-order chi connectivity index (χ0) is 13.1. The van der Waals surface area contributed by atoms with Crippen LogP contribution in [0, 0.1) is 11.7 Å². The van der Waals surface area contributed by atoms with Gasteiger partial charge in [-0.2, -0.15) is 0 Å². The first-order chi connectivity index (χ1) is 8.54. The molecule has 1 aliphatic rings. The number of carbonyl (C=O) groups is 1. The standard InChI is InChI=1S/C13H15ClFNO2/c14-11-4-9(5-12(15)6-11)7-16-3-1-2-10(8-16)13(17)18/h4-6,10H,1-3,7-8H2,(H,17,18). The molecule has 1 heterocycles.